The summed E-state index contributed by atoms with van der Waals surface area (Å²) in [5.41, 5.74) is 2.72. The van der Waals surface area contributed by atoms with Gasteiger partial charge in [-0.1, -0.05) is 11.8 Å². The maximum atomic E-state index is 12.5. The second-order valence-electron chi connectivity index (χ2n) is 6.39. The Morgan fingerprint density at radius 2 is 2.19 bits per heavy atom. The van der Waals surface area contributed by atoms with Gasteiger partial charge in [0.15, 0.2) is 4.34 Å². The van der Waals surface area contributed by atoms with E-state index in [0.717, 1.165) is 26.2 Å². The van der Waals surface area contributed by atoms with Crippen molar-refractivity contribution in [2.24, 2.45) is 5.92 Å². The number of carboxylic acids is 1. The quantitative estimate of drug-likeness (QED) is 0.815. The number of piperidine rings is 1. The summed E-state index contributed by atoms with van der Waals surface area (Å²) in [7, 11) is 0. The van der Waals surface area contributed by atoms with Crippen LogP contribution in [0, 0.1) is 19.8 Å². The van der Waals surface area contributed by atoms with Gasteiger partial charge in [0, 0.05) is 34.7 Å². The Morgan fingerprint density at radius 3 is 2.85 bits per heavy atom. The van der Waals surface area contributed by atoms with Crippen LogP contribution in [0.1, 0.15) is 24.1 Å². The Morgan fingerprint density at radius 1 is 1.38 bits per heavy atom. The highest BCUT2D eigenvalue weighted by Gasteiger charge is 2.28. The van der Waals surface area contributed by atoms with Crippen LogP contribution in [0.3, 0.4) is 0 Å². The van der Waals surface area contributed by atoms with E-state index in [4.69, 9.17) is 5.11 Å². The van der Waals surface area contributed by atoms with Crippen molar-refractivity contribution in [2.75, 3.05) is 18.4 Å². The number of carboxylic acid groups (broad SMARTS) is 1. The first kappa shape index (κ1) is 18.7. The van der Waals surface area contributed by atoms with Gasteiger partial charge in [-0.15, -0.1) is 11.3 Å². The first-order valence-corrected chi connectivity index (χ1v) is 10.1. The molecule has 1 saturated heterocycles. The molecule has 8 heteroatoms. The summed E-state index contributed by atoms with van der Waals surface area (Å²) in [6, 6.07) is 5.62. The molecule has 1 aliphatic rings. The highest BCUT2D eigenvalue weighted by molar-refractivity contribution is 8.01. The number of likely N-dealkylation sites (tertiary alicyclic amines) is 1. The minimum Gasteiger partial charge on any atom is -0.481 e. The molecule has 1 aromatic carbocycles. The van der Waals surface area contributed by atoms with Crippen molar-refractivity contribution in [3.8, 4) is 0 Å². The number of aliphatic carboxylic acids is 1. The smallest absolute Gasteiger partial charge is 0.321 e. The summed E-state index contributed by atoms with van der Waals surface area (Å²) < 4.78 is 0.992. The fraction of sp³-hybridized carbons (Fsp3) is 0.389. The zero-order valence-corrected chi connectivity index (χ0v) is 16.3. The van der Waals surface area contributed by atoms with Crippen LogP contribution in [-0.4, -0.2) is 40.1 Å². The third kappa shape index (κ3) is 4.56. The minimum atomic E-state index is -0.836. The number of carbonyl (C=O) groups is 2. The molecule has 2 N–H and O–H groups in total. The Balaban J connectivity index is 1.64. The van der Waals surface area contributed by atoms with Crippen molar-refractivity contribution in [3.05, 3.63) is 34.8 Å². The van der Waals surface area contributed by atoms with Gasteiger partial charge in [0.05, 0.1) is 5.92 Å². The first-order chi connectivity index (χ1) is 12.4. The zero-order valence-electron chi connectivity index (χ0n) is 14.7. The fourth-order valence-electron chi connectivity index (χ4n) is 2.88. The number of hydrogen-bond donors (Lipinski definition) is 2. The predicted octanol–water partition coefficient (Wildman–Crippen LogP) is 4.24. The van der Waals surface area contributed by atoms with Gasteiger partial charge >= 0.3 is 12.0 Å². The number of amides is 2. The molecular weight excluding hydrogens is 370 g/mol. The minimum absolute atomic E-state index is 0.241. The molecular formula is C18H21N3O3S2. The van der Waals surface area contributed by atoms with Crippen LogP contribution in [0.25, 0.3) is 0 Å². The van der Waals surface area contributed by atoms with Gasteiger partial charge in [-0.2, -0.15) is 0 Å². The van der Waals surface area contributed by atoms with Gasteiger partial charge in [0.1, 0.15) is 0 Å². The lowest BCUT2D eigenvalue weighted by atomic mass is 9.99. The third-order valence-corrected chi connectivity index (χ3v) is 6.35. The maximum absolute atomic E-state index is 12.5. The Labute approximate surface area is 160 Å². The normalized spacial score (nSPS) is 17.2. The van der Waals surface area contributed by atoms with Crippen LogP contribution in [0.15, 0.2) is 32.8 Å². The van der Waals surface area contributed by atoms with Gasteiger partial charge in [-0.3, -0.25) is 4.79 Å². The molecule has 1 aromatic heterocycles. The van der Waals surface area contributed by atoms with E-state index in [1.807, 2.05) is 37.4 Å². The molecule has 1 atom stereocenters. The lowest BCUT2D eigenvalue weighted by molar-refractivity contribution is -0.143. The molecule has 0 spiro atoms. The number of rotatable bonds is 4. The topological polar surface area (TPSA) is 82.5 Å². The van der Waals surface area contributed by atoms with Crippen molar-refractivity contribution in [2.45, 2.75) is 35.9 Å². The zero-order chi connectivity index (χ0) is 18.7. The molecule has 0 saturated carbocycles. The summed E-state index contributed by atoms with van der Waals surface area (Å²) in [5, 5.41) is 14.1. The molecule has 1 fully saturated rings. The van der Waals surface area contributed by atoms with Gasteiger partial charge in [-0.05, 0) is 50.5 Å². The second-order valence-corrected chi connectivity index (χ2v) is 8.57. The van der Waals surface area contributed by atoms with E-state index in [-0.39, 0.29) is 12.6 Å². The van der Waals surface area contributed by atoms with Crippen molar-refractivity contribution < 1.29 is 14.7 Å². The molecule has 2 aromatic rings. The molecule has 0 aliphatic carbocycles. The molecule has 0 radical (unpaired) electrons. The number of aromatic nitrogens is 1. The summed E-state index contributed by atoms with van der Waals surface area (Å²) in [4.78, 5) is 30.7. The van der Waals surface area contributed by atoms with Crippen molar-refractivity contribution in [3.63, 3.8) is 0 Å². The Hall–Kier alpha value is -2.06. The van der Waals surface area contributed by atoms with Gasteiger partial charge in [0.2, 0.25) is 0 Å². The predicted molar refractivity (Wildman–Crippen MR) is 103 cm³/mol. The molecule has 138 valence electrons. The van der Waals surface area contributed by atoms with Crippen molar-refractivity contribution >= 4 is 40.8 Å². The van der Waals surface area contributed by atoms with Crippen LogP contribution in [0.2, 0.25) is 0 Å². The molecule has 2 heterocycles. The number of urea groups is 1. The maximum Gasteiger partial charge on any atom is 0.321 e. The van der Waals surface area contributed by atoms with Crippen LogP contribution in [0.5, 0.6) is 0 Å². The van der Waals surface area contributed by atoms with E-state index in [9.17, 15) is 9.59 Å². The van der Waals surface area contributed by atoms with Crippen LogP contribution < -0.4 is 5.32 Å². The number of anilines is 1. The summed E-state index contributed by atoms with van der Waals surface area (Å²) in [6.07, 6.45) is 1.34. The van der Waals surface area contributed by atoms with Gasteiger partial charge < -0.3 is 15.3 Å². The van der Waals surface area contributed by atoms with Crippen LogP contribution in [-0.2, 0) is 4.79 Å². The van der Waals surface area contributed by atoms with Gasteiger partial charge in [-0.25, -0.2) is 9.78 Å². The Kier molecular flexibility index (Phi) is 5.83. The summed E-state index contributed by atoms with van der Waals surface area (Å²) in [6.45, 7) is 4.77. The molecule has 1 unspecified atom stereocenters. The van der Waals surface area contributed by atoms with E-state index in [0.29, 0.717) is 19.4 Å². The average Bonchev–Trinajstić information content (AvgIpc) is 3.02. The van der Waals surface area contributed by atoms with Crippen LogP contribution in [0.4, 0.5) is 10.5 Å². The molecule has 1 aliphatic heterocycles. The summed E-state index contributed by atoms with van der Waals surface area (Å²) in [5.74, 6) is -1.31. The number of aryl methyl sites for hydroxylation is 2. The largest absolute Gasteiger partial charge is 0.481 e. The SMILES string of the molecule is Cc1csc(Sc2ccc(NC(=O)N3CCCC(C(=O)O)C3)c(C)c2)n1. The lowest BCUT2D eigenvalue weighted by Crippen LogP contribution is -2.44. The van der Waals surface area contributed by atoms with Gasteiger partial charge in [0.25, 0.3) is 0 Å². The molecule has 6 nitrogen and oxygen atoms in total. The Bertz CT molecular complexity index is 822. The number of nitrogens with zero attached hydrogens (tertiary/aromatic N) is 2. The van der Waals surface area contributed by atoms with E-state index in [1.54, 1.807) is 28.0 Å². The molecule has 2 amide bonds. The molecule has 26 heavy (non-hydrogen) atoms. The number of carbonyl (C=O) groups excluding carboxylic acids is 1. The summed E-state index contributed by atoms with van der Waals surface area (Å²) >= 11 is 3.21. The van der Waals surface area contributed by atoms with E-state index >= 15 is 0 Å². The highest BCUT2D eigenvalue weighted by Crippen LogP contribution is 2.32. The van der Waals surface area contributed by atoms with Crippen LogP contribution >= 0.6 is 23.1 Å². The fourth-order valence-corrected chi connectivity index (χ4v) is 4.79. The van der Waals surface area contributed by atoms with Crippen molar-refractivity contribution in [1.29, 1.82) is 0 Å². The number of benzene rings is 1. The van der Waals surface area contributed by atoms with E-state index in [2.05, 4.69) is 10.3 Å². The standard InChI is InChI=1S/C18H21N3O3S2/c1-11-8-14(26-18-19-12(2)10-25-18)5-6-15(11)20-17(24)21-7-3-4-13(9-21)16(22)23/h5-6,8,10,13H,3-4,7,9H2,1-2H3,(H,20,24)(H,22,23). The number of nitrogens with one attached hydrogen (secondary N) is 1. The number of thiazole rings is 1. The molecule has 3 rings (SSSR count). The van der Waals surface area contributed by atoms with E-state index < -0.39 is 11.9 Å². The van der Waals surface area contributed by atoms with E-state index in [1.165, 1.54) is 0 Å². The molecule has 0 bridgehead atoms. The lowest BCUT2D eigenvalue weighted by Gasteiger charge is -2.30. The van der Waals surface area contributed by atoms with Crippen molar-refractivity contribution in [1.82, 2.24) is 9.88 Å². The highest BCUT2D eigenvalue weighted by atomic mass is 32.2. The number of hydrogen-bond acceptors (Lipinski definition) is 5. The average molecular weight is 392 g/mol. The third-order valence-electron chi connectivity index (χ3n) is 4.30. The second kappa shape index (κ2) is 8.09. The first-order valence-electron chi connectivity index (χ1n) is 8.42. The monoisotopic (exact) mass is 391 g/mol.